The molecule has 2 unspecified atom stereocenters. The number of rotatable bonds is 10. The van der Waals surface area contributed by atoms with Crippen LogP contribution in [0.5, 0.6) is 11.5 Å². The summed E-state index contributed by atoms with van der Waals surface area (Å²) in [7, 11) is 0. The molecule has 0 N–H and O–H groups in total. The van der Waals surface area contributed by atoms with Crippen LogP contribution in [0.2, 0.25) is 0 Å². The van der Waals surface area contributed by atoms with Crippen molar-refractivity contribution < 1.29 is 4.74 Å². The van der Waals surface area contributed by atoms with E-state index in [-0.39, 0.29) is 24.1 Å². The van der Waals surface area contributed by atoms with Crippen LogP contribution in [-0.4, -0.2) is 17.3 Å². The summed E-state index contributed by atoms with van der Waals surface area (Å²) >= 11 is 0. The van der Waals surface area contributed by atoms with Crippen molar-refractivity contribution in [2.45, 2.75) is 64.3 Å². The minimum Gasteiger partial charge on any atom is -0.458 e. The van der Waals surface area contributed by atoms with Crippen molar-refractivity contribution in [2.75, 3.05) is 9.80 Å². The maximum absolute atomic E-state index is 7.55. The van der Waals surface area contributed by atoms with Gasteiger partial charge in [-0.15, -0.1) is 0 Å². The average Bonchev–Trinajstić information content (AvgIpc) is 1.18. The molecule has 3 aliphatic heterocycles. The Kier molecular flexibility index (Phi) is 12.1. The van der Waals surface area contributed by atoms with Crippen LogP contribution in [0.4, 0.5) is 28.4 Å². The van der Waals surface area contributed by atoms with E-state index < -0.39 is 0 Å². The third-order valence-electron chi connectivity index (χ3n) is 18.5. The Balaban J connectivity index is 0.984. The van der Waals surface area contributed by atoms with Crippen LogP contribution in [0.25, 0.3) is 72.0 Å². The maximum atomic E-state index is 7.55. The molecule has 1 aliphatic carbocycles. The van der Waals surface area contributed by atoms with Crippen LogP contribution in [0.1, 0.15) is 63.1 Å². The highest BCUT2D eigenvalue weighted by atomic mass is 16.5. The number of anilines is 5. The molecule has 0 fully saturated rings. The molecule has 0 saturated heterocycles. The molecular weight excluding hydrogens is 1030 g/mol. The quantitative estimate of drug-likeness (QED) is 0.127. The first kappa shape index (κ1) is 50.9. The van der Waals surface area contributed by atoms with Gasteiger partial charge in [0, 0.05) is 62.3 Å². The predicted molar refractivity (Wildman–Crippen MR) is 359 cm³/mol. The number of para-hydroxylation sites is 3. The molecule has 2 atom stereocenters. The van der Waals surface area contributed by atoms with E-state index in [1.54, 1.807) is 0 Å². The second kappa shape index (κ2) is 20.2. The number of ether oxygens (including phenoxy) is 1. The number of nitrogens with zero attached hydrogens (tertiary/aromatic N) is 3. The van der Waals surface area contributed by atoms with Crippen molar-refractivity contribution >= 4 is 73.3 Å². The lowest BCUT2D eigenvalue weighted by Gasteiger charge is -2.43. The highest BCUT2D eigenvalue weighted by molar-refractivity contribution is 6.99. The third kappa shape index (κ3) is 8.42. The van der Waals surface area contributed by atoms with E-state index in [0.717, 1.165) is 75.8 Å². The molecule has 4 aliphatic rings. The highest BCUT2D eigenvalue weighted by Crippen LogP contribution is 2.54. The van der Waals surface area contributed by atoms with Crippen LogP contribution in [0.3, 0.4) is 0 Å². The van der Waals surface area contributed by atoms with Crippen molar-refractivity contribution in [1.29, 1.82) is 0 Å². The van der Waals surface area contributed by atoms with Gasteiger partial charge in [0.05, 0.1) is 22.8 Å². The Morgan fingerprint density at radius 2 is 1.04 bits per heavy atom. The van der Waals surface area contributed by atoms with Gasteiger partial charge in [-0.3, -0.25) is 0 Å². The largest absolute Gasteiger partial charge is 0.458 e. The number of allylic oxidation sites excluding steroid dienone is 2. The minimum absolute atomic E-state index is 0.128. The molecule has 408 valence electrons. The van der Waals surface area contributed by atoms with Crippen molar-refractivity contribution in [3.63, 3.8) is 0 Å². The molecule has 4 heterocycles. The summed E-state index contributed by atoms with van der Waals surface area (Å²) in [6.07, 6.45) is 12.3. The maximum Gasteiger partial charge on any atom is 0.256 e. The van der Waals surface area contributed by atoms with Crippen molar-refractivity contribution in [1.82, 2.24) is 4.57 Å². The normalized spacial score (nSPS) is 15.4. The molecule has 5 heteroatoms. The first-order chi connectivity index (χ1) is 41.8. The standard InChI is InChI=1S/C80H64BN3O/c1-5-6-21-52-46-75-78-77(47-52)85-76-51-61(83-72-32-19-15-28-64(72)65-29-16-20-33-73(65)83)43-45-69(76)81(78)68-44-42-60(82-70-30-17-13-26-62(70)63-27-14-18-31-71(63)82)50-74(68)84(75)79-66(57-38-34-55(35-39-57)53-22-9-7-10-23-53)48-59(80(2,3)4)49-67(79)58-40-36-56(37-41-58)54-24-11-8-12-25-54/h7-20,22-51,62,70H,5-6,21H2,1-4H3. The van der Waals surface area contributed by atoms with Crippen LogP contribution in [-0.2, 0) is 11.8 Å². The first-order valence-electron chi connectivity index (χ1n) is 30.4. The van der Waals surface area contributed by atoms with Gasteiger partial charge in [-0.25, -0.2) is 0 Å². The number of aryl methyl sites for hydroxylation is 1. The lowest BCUT2D eigenvalue weighted by Crippen LogP contribution is -2.59. The zero-order valence-corrected chi connectivity index (χ0v) is 48.5. The van der Waals surface area contributed by atoms with E-state index in [1.807, 2.05) is 0 Å². The number of aromatic nitrogens is 1. The second-order valence-corrected chi connectivity index (χ2v) is 24.6. The highest BCUT2D eigenvalue weighted by Gasteiger charge is 2.45. The van der Waals surface area contributed by atoms with Gasteiger partial charge in [-0.2, -0.15) is 0 Å². The molecule has 11 aromatic carbocycles. The minimum atomic E-state index is -0.176. The Morgan fingerprint density at radius 3 is 1.68 bits per heavy atom. The van der Waals surface area contributed by atoms with Gasteiger partial charge in [0.2, 0.25) is 0 Å². The molecule has 4 nitrogen and oxygen atoms in total. The molecule has 0 radical (unpaired) electrons. The van der Waals surface area contributed by atoms with Gasteiger partial charge in [-0.1, -0.05) is 234 Å². The molecule has 0 spiro atoms. The zero-order valence-electron chi connectivity index (χ0n) is 48.5. The lowest BCUT2D eigenvalue weighted by molar-refractivity contribution is 0.486. The van der Waals surface area contributed by atoms with Gasteiger partial charge in [0.1, 0.15) is 11.5 Å². The van der Waals surface area contributed by atoms with Crippen molar-refractivity contribution in [2.24, 2.45) is 0 Å². The summed E-state index contributed by atoms with van der Waals surface area (Å²) in [5.41, 5.74) is 26.1. The second-order valence-electron chi connectivity index (χ2n) is 24.6. The van der Waals surface area contributed by atoms with Gasteiger partial charge in [0.15, 0.2) is 0 Å². The molecular formula is C80H64BN3O. The van der Waals surface area contributed by atoms with Gasteiger partial charge in [0.25, 0.3) is 6.71 Å². The number of fused-ring (bicyclic) bond motifs is 10. The monoisotopic (exact) mass is 1090 g/mol. The third-order valence-corrected chi connectivity index (χ3v) is 18.5. The fourth-order valence-electron chi connectivity index (χ4n) is 14.3. The average molecular weight is 1090 g/mol. The Hall–Kier alpha value is -9.84. The van der Waals surface area contributed by atoms with E-state index in [0.29, 0.717) is 0 Å². The number of hydrogen-bond acceptors (Lipinski definition) is 3. The summed E-state index contributed by atoms with van der Waals surface area (Å²) in [6, 6.07) is 91.2. The molecule has 1 aromatic heterocycles. The van der Waals surface area contributed by atoms with E-state index in [4.69, 9.17) is 4.74 Å². The van der Waals surface area contributed by atoms with Gasteiger partial charge >= 0.3 is 0 Å². The number of unbranched alkanes of at least 4 members (excludes halogenated alkanes) is 1. The summed E-state index contributed by atoms with van der Waals surface area (Å²) in [6.45, 7) is 9.22. The van der Waals surface area contributed by atoms with Crippen molar-refractivity contribution in [3.05, 3.63) is 284 Å². The fraction of sp³-hybridized carbons (Fsp3) is 0.125. The van der Waals surface area contributed by atoms with Crippen LogP contribution in [0, 0.1) is 0 Å². The molecule has 0 amide bonds. The topological polar surface area (TPSA) is 20.6 Å². The summed E-state index contributed by atoms with van der Waals surface area (Å²) in [5.74, 6) is 2.05. The van der Waals surface area contributed by atoms with Crippen LogP contribution >= 0.6 is 0 Å². The van der Waals surface area contributed by atoms with Gasteiger partial charge in [-0.05, 0) is 145 Å². The van der Waals surface area contributed by atoms with E-state index in [9.17, 15) is 0 Å². The van der Waals surface area contributed by atoms with E-state index in [2.05, 4.69) is 309 Å². The summed E-state index contributed by atoms with van der Waals surface area (Å²) < 4.78 is 9.96. The molecule has 12 aromatic rings. The van der Waals surface area contributed by atoms with E-state index >= 15 is 0 Å². The van der Waals surface area contributed by atoms with Gasteiger partial charge < -0.3 is 19.1 Å². The van der Waals surface area contributed by atoms with Crippen LogP contribution in [0.15, 0.2) is 267 Å². The zero-order chi connectivity index (χ0) is 56.9. The predicted octanol–water partition coefficient (Wildman–Crippen LogP) is 19.2. The fourth-order valence-corrected chi connectivity index (χ4v) is 14.3. The van der Waals surface area contributed by atoms with Crippen molar-refractivity contribution in [3.8, 4) is 61.7 Å². The number of hydrogen-bond donors (Lipinski definition) is 0. The lowest BCUT2D eigenvalue weighted by atomic mass is 9.34. The molecule has 0 bridgehead atoms. The smallest absolute Gasteiger partial charge is 0.256 e. The molecule has 16 rings (SSSR count). The summed E-state index contributed by atoms with van der Waals surface area (Å²) in [4.78, 5) is 5.27. The van der Waals surface area contributed by atoms with E-state index in [1.165, 1.54) is 88.5 Å². The Labute approximate surface area is 499 Å². The molecule has 0 saturated carbocycles. The Morgan fingerprint density at radius 1 is 0.471 bits per heavy atom. The summed E-state index contributed by atoms with van der Waals surface area (Å²) in [5, 5.41) is 2.48. The van der Waals surface area contributed by atoms with Crippen LogP contribution < -0.4 is 30.9 Å². The SMILES string of the molecule is CCCCc1cc2c3c(c1)N(c1c(-c4ccc(-c5ccccc5)cc4)cc(C(C)(C)C)cc1-c1ccc(-c4ccccc4)cc1)c1cc(N4c5ccccc5C5C=CC=CC54)ccc1B3c1ccc(-n3c4ccccc4c4ccccc43)cc1O2. The first-order valence-corrected chi connectivity index (χ1v) is 30.4. The molecule has 85 heavy (non-hydrogen) atoms. The Bertz CT molecular complexity index is 4510. The number of benzene rings is 11.